The number of aliphatic hydroxyl groups excluding tert-OH is 1. The predicted octanol–water partition coefficient (Wildman–Crippen LogP) is 4.16. The molecule has 0 spiro atoms. The quantitative estimate of drug-likeness (QED) is 0.814. The lowest BCUT2D eigenvalue weighted by Gasteiger charge is -2.14. The summed E-state index contributed by atoms with van der Waals surface area (Å²) in [5.74, 6) is 1.61. The number of hydrogen-bond acceptors (Lipinski definition) is 2. The van der Waals surface area contributed by atoms with Crippen LogP contribution in [0, 0.1) is 11.7 Å². The van der Waals surface area contributed by atoms with Gasteiger partial charge < -0.3 is 5.11 Å². The van der Waals surface area contributed by atoms with E-state index in [-0.39, 0.29) is 5.82 Å². The maximum absolute atomic E-state index is 13.1. The first-order valence-corrected chi connectivity index (χ1v) is 7.25. The molecule has 1 N–H and O–H groups in total. The molecule has 1 unspecified atom stereocenters. The fourth-order valence-electron chi connectivity index (χ4n) is 2.36. The fraction of sp³-hybridized carbons (Fsp3) is 0.571. The molecular weight excluding hydrogens is 235 g/mol. The highest BCUT2D eigenvalue weighted by Crippen LogP contribution is 2.34. The molecule has 1 aliphatic carbocycles. The van der Waals surface area contributed by atoms with Crippen LogP contribution in [0.5, 0.6) is 0 Å². The highest BCUT2D eigenvalue weighted by molar-refractivity contribution is 7.99. The van der Waals surface area contributed by atoms with Gasteiger partial charge in [0.15, 0.2) is 0 Å². The third-order valence-electron chi connectivity index (χ3n) is 3.37. The van der Waals surface area contributed by atoms with E-state index in [4.69, 9.17) is 0 Å². The first-order valence-electron chi connectivity index (χ1n) is 6.27. The maximum Gasteiger partial charge on any atom is 0.123 e. The zero-order valence-corrected chi connectivity index (χ0v) is 11.0. The summed E-state index contributed by atoms with van der Waals surface area (Å²) >= 11 is 1.75. The van der Waals surface area contributed by atoms with Crippen LogP contribution in [0.2, 0.25) is 0 Å². The van der Waals surface area contributed by atoms with Crippen LogP contribution in [-0.2, 0) is 0 Å². The molecule has 0 heterocycles. The summed E-state index contributed by atoms with van der Waals surface area (Å²) in [5, 5.41) is 9.64. The normalized spacial score (nSPS) is 18.5. The van der Waals surface area contributed by atoms with Gasteiger partial charge in [-0.1, -0.05) is 12.8 Å². The second-order valence-corrected chi connectivity index (χ2v) is 5.88. The first-order chi connectivity index (χ1) is 8.16. The molecular formula is C14H19FOS. The lowest BCUT2D eigenvalue weighted by molar-refractivity contribution is 0.196. The van der Waals surface area contributed by atoms with Crippen molar-refractivity contribution in [2.24, 2.45) is 5.92 Å². The van der Waals surface area contributed by atoms with Gasteiger partial charge in [-0.25, -0.2) is 4.39 Å². The molecule has 0 bridgehead atoms. The molecule has 1 aliphatic rings. The van der Waals surface area contributed by atoms with Crippen molar-refractivity contribution < 1.29 is 9.50 Å². The Morgan fingerprint density at radius 2 is 2.12 bits per heavy atom. The molecule has 17 heavy (non-hydrogen) atoms. The van der Waals surface area contributed by atoms with Crippen LogP contribution in [0.25, 0.3) is 0 Å². The van der Waals surface area contributed by atoms with Gasteiger partial charge in [0.1, 0.15) is 5.82 Å². The lowest BCUT2D eigenvalue weighted by Crippen LogP contribution is -2.00. The Hall–Kier alpha value is -0.540. The van der Waals surface area contributed by atoms with Crippen molar-refractivity contribution in [3.05, 3.63) is 29.6 Å². The Morgan fingerprint density at radius 3 is 2.76 bits per heavy atom. The Balaban J connectivity index is 2.03. The third-order valence-corrected chi connectivity index (χ3v) is 4.69. The topological polar surface area (TPSA) is 20.2 Å². The zero-order chi connectivity index (χ0) is 12.3. The summed E-state index contributed by atoms with van der Waals surface area (Å²) in [6.45, 7) is 1.69. The van der Waals surface area contributed by atoms with E-state index in [2.05, 4.69) is 0 Å². The summed E-state index contributed by atoms with van der Waals surface area (Å²) in [6, 6.07) is 4.71. The highest BCUT2D eigenvalue weighted by Gasteiger charge is 2.17. The summed E-state index contributed by atoms with van der Waals surface area (Å²) < 4.78 is 13.1. The molecule has 94 valence electrons. The SMILES string of the molecule is CC(O)c1cc(F)ccc1SCC1CCCC1. The standard InChI is InChI=1S/C14H19FOS/c1-10(16)13-8-12(15)6-7-14(13)17-9-11-4-2-3-5-11/h6-8,10-11,16H,2-5,9H2,1H3. The fourth-order valence-corrected chi connectivity index (χ4v) is 3.67. The van der Waals surface area contributed by atoms with Crippen LogP contribution in [0.1, 0.15) is 44.3 Å². The molecule has 1 nitrogen and oxygen atoms in total. The molecule has 1 fully saturated rings. The Bertz CT molecular complexity index is 372. The van der Waals surface area contributed by atoms with E-state index in [9.17, 15) is 9.50 Å². The Labute approximate surface area is 106 Å². The minimum atomic E-state index is -0.600. The van der Waals surface area contributed by atoms with E-state index in [0.29, 0.717) is 5.56 Å². The van der Waals surface area contributed by atoms with Gasteiger partial charge >= 0.3 is 0 Å². The van der Waals surface area contributed by atoms with E-state index < -0.39 is 6.10 Å². The highest BCUT2D eigenvalue weighted by atomic mass is 32.2. The van der Waals surface area contributed by atoms with Crippen molar-refractivity contribution >= 4 is 11.8 Å². The Kier molecular flexibility index (Phi) is 4.46. The molecule has 0 aliphatic heterocycles. The zero-order valence-electron chi connectivity index (χ0n) is 10.2. The second-order valence-electron chi connectivity index (χ2n) is 4.82. The lowest BCUT2D eigenvalue weighted by atomic mass is 10.1. The first kappa shape index (κ1) is 12.9. The number of thioether (sulfide) groups is 1. The molecule has 0 amide bonds. The molecule has 0 saturated heterocycles. The summed E-state index contributed by atoms with van der Waals surface area (Å²) in [6.07, 6.45) is 4.73. The molecule has 0 radical (unpaired) electrons. The van der Waals surface area contributed by atoms with E-state index >= 15 is 0 Å². The molecule has 1 saturated carbocycles. The van der Waals surface area contributed by atoms with Crippen LogP contribution in [-0.4, -0.2) is 10.9 Å². The van der Waals surface area contributed by atoms with Gasteiger partial charge in [-0.2, -0.15) is 0 Å². The van der Waals surface area contributed by atoms with Gasteiger partial charge in [-0.3, -0.25) is 0 Å². The van der Waals surface area contributed by atoms with Crippen molar-refractivity contribution in [3.63, 3.8) is 0 Å². The molecule has 3 heteroatoms. The van der Waals surface area contributed by atoms with Gasteiger partial charge in [0.05, 0.1) is 6.10 Å². The third kappa shape index (κ3) is 3.46. The average molecular weight is 254 g/mol. The molecule has 1 aromatic rings. The smallest absolute Gasteiger partial charge is 0.123 e. The summed E-state index contributed by atoms with van der Waals surface area (Å²) in [5.41, 5.74) is 0.716. The second kappa shape index (κ2) is 5.87. The molecule has 1 atom stereocenters. The minimum Gasteiger partial charge on any atom is -0.389 e. The molecule has 1 aromatic carbocycles. The van der Waals surface area contributed by atoms with Gasteiger partial charge in [-0.15, -0.1) is 11.8 Å². The van der Waals surface area contributed by atoms with Gasteiger partial charge in [-0.05, 0) is 49.4 Å². The van der Waals surface area contributed by atoms with Gasteiger partial charge in [0, 0.05) is 10.6 Å². The number of hydrogen-bond donors (Lipinski definition) is 1. The largest absolute Gasteiger partial charge is 0.389 e. The van der Waals surface area contributed by atoms with E-state index in [1.54, 1.807) is 24.8 Å². The van der Waals surface area contributed by atoms with Gasteiger partial charge in [0.25, 0.3) is 0 Å². The number of halogens is 1. The monoisotopic (exact) mass is 254 g/mol. The van der Waals surface area contributed by atoms with Gasteiger partial charge in [0.2, 0.25) is 0 Å². The van der Waals surface area contributed by atoms with E-state index in [1.807, 2.05) is 0 Å². The molecule has 2 rings (SSSR count). The number of benzene rings is 1. The van der Waals surface area contributed by atoms with Crippen molar-refractivity contribution in [1.82, 2.24) is 0 Å². The number of aliphatic hydroxyl groups is 1. The van der Waals surface area contributed by atoms with Crippen LogP contribution < -0.4 is 0 Å². The van der Waals surface area contributed by atoms with Crippen LogP contribution >= 0.6 is 11.8 Å². The Morgan fingerprint density at radius 1 is 1.41 bits per heavy atom. The minimum absolute atomic E-state index is 0.272. The van der Waals surface area contributed by atoms with Crippen molar-refractivity contribution in [1.29, 1.82) is 0 Å². The van der Waals surface area contributed by atoms with Crippen LogP contribution in [0.15, 0.2) is 23.1 Å². The van der Waals surface area contributed by atoms with Crippen LogP contribution in [0.4, 0.5) is 4.39 Å². The summed E-state index contributed by atoms with van der Waals surface area (Å²) in [4.78, 5) is 1.02. The van der Waals surface area contributed by atoms with E-state index in [1.165, 1.54) is 37.8 Å². The van der Waals surface area contributed by atoms with Crippen molar-refractivity contribution in [2.75, 3.05) is 5.75 Å². The van der Waals surface area contributed by atoms with Crippen molar-refractivity contribution in [3.8, 4) is 0 Å². The molecule has 0 aromatic heterocycles. The van der Waals surface area contributed by atoms with Crippen molar-refractivity contribution in [2.45, 2.75) is 43.6 Å². The summed E-state index contributed by atoms with van der Waals surface area (Å²) in [7, 11) is 0. The number of rotatable bonds is 4. The van der Waals surface area contributed by atoms with E-state index in [0.717, 1.165) is 16.6 Å². The average Bonchev–Trinajstić information content (AvgIpc) is 2.80. The van der Waals surface area contributed by atoms with Crippen LogP contribution in [0.3, 0.4) is 0 Å². The predicted molar refractivity (Wildman–Crippen MR) is 69.7 cm³/mol. The maximum atomic E-state index is 13.1.